The van der Waals surface area contributed by atoms with Gasteiger partial charge in [-0.25, -0.2) is 9.18 Å². The third-order valence-electron chi connectivity index (χ3n) is 6.82. The van der Waals surface area contributed by atoms with Gasteiger partial charge >= 0.3 is 5.69 Å². The molecule has 1 aromatic carbocycles. The molecule has 1 amide bonds. The fraction of sp³-hybridized carbons (Fsp3) is 0.478. The van der Waals surface area contributed by atoms with Crippen LogP contribution in [0.2, 0.25) is 5.02 Å². The lowest BCUT2D eigenvalue weighted by molar-refractivity contribution is -0.134. The zero-order chi connectivity index (χ0) is 24.9. The molecular formula is C23H26ClFN6O3S. The number of aromatic nitrogens is 4. The van der Waals surface area contributed by atoms with Crippen molar-refractivity contribution in [2.45, 2.75) is 19.4 Å². The average Bonchev–Trinajstić information content (AvgIpc) is 3.52. The molecule has 0 aliphatic carbocycles. The number of fused-ring (bicyclic) bond motifs is 1. The fourth-order valence-electron chi connectivity index (χ4n) is 4.87. The summed E-state index contributed by atoms with van der Waals surface area (Å²) in [6.45, 7) is 1.77. The molecule has 9 nitrogen and oxygen atoms in total. The summed E-state index contributed by atoms with van der Waals surface area (Å²) < 4.78 is 18.7. The van der Waals surface area contributed by atoms with E-state index in [1.807, 2.05) is 9.80 Å². The molecule has 0 N–H and O–H groups in total. The Morgan fingerprint density at radius 1 is 1.23 bits per heavy atom. The number of carbonyl (C=O) groups excluding carboxylic acids is 1. The van der Waals surface area contributed by atoms with Gasteiger partial charge in [-0.05, 0) is 25.0 Å². The molecule has 0 bridgehead atoms. The zero-order valence-electron chi connectivity index (χ0n) is 19.5. The number of halogens is 2. The van der Waals surface area contributed by atoms with E-state index in [9.17, 15) is 18.8 Å². The zero-order valence-corrected chi connectivity index (χ0v) is 21.1. The highest BCUT2D eigenvalue weighted by molar-refractivity contribution is 7.99. The molecule has 1 atom stereocenters. The van der Waals surface area contributed by atoms with E-state index in [-0.39, 0.29) is 40.1 Å². The fourth-order valence-corrected chi connectivity index (χ4v) is 6.05. The van der Waals surface area contributed by atoms with E-state index in [1.54, 1.807) is 29.4 Å². The van der Waals surface area contributed by atoms with Crippen LogP contribution >= 0.6 is 23.4 Å². The van der Waals surface area contributed by atoms with Gasteiger partial charge < -0.3 is 9.80 Å². The molecule has 0 radical (unpaired) electrons. The molecule has 2 fully saturated rings. The Labute approximate surface area is 210 Å². The minimum absolute atomic E-state index is 0.0390. The minimum Gasteiger partial charge on any atom is -0.341 e. The summed E-state index contributed by atoms with van der Waals surface area (Å²) in [7, 11) is 2.95. The van der Waals surface area contributed by atoms with Crippen LogP contribution in [0.5, 0.6) is 0 Å². The van der Waals surface area contributed by atoms with E-state index in [2.05, 4.69) is 4.98 Å². The third-order valence-corrected chi connectivity index (χ3v) is 8.14. The molecule has 2 aliphatic heterocycles. The SMILES string of the molecule is Cn1c(=O)c2c(nc(N3CCCC(C(=O)N4CCSC4)C3)n2Cc2c(F)cccc2Cl)n(C)c1=O. The van der Waals surface area contributed by atoms with Gasteiger partial charge in [0.25, 0.3) is 5.56 Å². The predicted octanol–water partition coefficient (Wildman–Crippen LogP) is 2.02. The smallest absolute Gasteiger partial charge is 0.332 e. The summed E-state index contributed by atoms with van der Waals surface area (Å²) in [4.78, 5) is 47.4. The van der Waals surface area contributed by atoms with Gasteiger partial charge in [-0.15, -0.1) is 11.8 Å². The first-order chi connectivity index (χ1) is 16.8. The summed E-state index contributed by atoms with van der Waals surface area (Å²) >= 11 is 8.07. The van der Waals surface area contributed by atoms with Crippen molar-refractivity contribution in [3.8, 4) is 0 Å². The number of piperidine rings is 1. The molecule has 0 spiro atoms. The van der Waals surface area contributed by atoms with Crippen LogP contribution in [0.1, 0.15) is 18.4 Å². The van der Waals surface area contributed by atoms with Crippen LogP contribution < -0.4 is 16.1 Å². The van der Waals surface area contributed by atoms with E-state index in [0.29, 0.717) is 24.9 Å². The number of hydrogen-bond acceptors (Lipinski definition) is 6. The first-order valence-corrected chi connectivity index (χ1v) is 13.0. The molecule has 1 unspecified atom stereocenters. The second kappa shape index (κ2) is 9.34. The molecule has 186 valence electrons. The average molecular weight is 521 g/mol. The molecule has 0 saturated carbocycles. The van der Waals surface area contributed by atoms with Gasteiger partial charge in [0.1, 0.15) is 5.82 Å². The highest BCUT2D eigenvalue weighted by atomic mass is 35.5. The standard InChI is InChI=1S/C23H26ClFN6O3S/c1-27-19-18(21(33)28(2)23(27)34)31(12-15-16(24)6-3-7-17(15)25)22(26-19)29-8-4-5-14(11-29)20(32)30-9-10-35-13-30/h3,6-7,14H,4-5,8-13H2,1-2H3. The van der Waals surface area contributed by atoms with Crippen molar-refractivity contribution in [2.75, 3.05) is 36.2 Å². The van der Waals surface area contributed by atoms with Gasteiger partial charge in [0, 0.05) is 50.1 Å². The van der Waals surface area contributed by atoms with Crippen molar-refractivity contribution < 1.29 is 9.18 Å². The van der Waals surface area contributed by atoms with E-state index < -0.39 is 17.1 Å². The van der Waals surface area contributed by atoms with Crippen molar-refractivity contribution in [3.63, 3.8) is 0 Å². The number of aryl methyl sites for hydroxylation is 1. The lowest BCUT2D eigenvalue weighted by atomic mass is 9.97. The van der Waals surface area contributed by atoms with Gasteiger partial charge in [0.05, 0.1) is 18.3 Å². The van der Waals surface area contributed by atoms with Gasteiger partial charge in [0.2, 0.25) is 11.9 Å². The molecule has 2 aromatic heterocycles. The summed E-state index contributed by atoms with van der Waals surface area (Å²) in [6.07, 6.45) is 1.55. The summed E-state index contributed by atoms with van der Waals surface area (Å²) in [5, 5.41) is 0.234. The molecule has 3 aromatic rings. The topological polar surface area (TPSA) is 85.4 Å². The lowest BCUT2D eigenvalue weighted by Crippen LogP contribution is -2.45. The van der Waals surface area contributed by atoms with Crippen LogP contribution in [-0.4, -0.2) is 60.8 Å². The summed E-state index contributed by atoms with van der Waals surface area (Å²) in [5.41, 5.74) is -0.392. The van der Waals surface area contributed by atoms with Crippen LogP contribution in [0.3, 0.4) is 0 Å². The third kappa shape index (κ3) is 4.14. The van der Waals surface area contributed by atoms with Crippen molar-refractivity contribution in [3.05, 3.63) is 55.4 Å². The lowest BCUT2D eigenvalue weighted by Gasteiger charge is -2.34. The predicted molar refractivity (Wildman–Crippen MR) is 135 cm³/mol. The molecular weight excluding hydrogens is 495 g/mol. The van der Waals surface area contributed by atoms with Crippen LogP contribution in [-0.2, 0) is 25.4 Å². The Balaban J connectivity index is 1.63. The van der Waals surface area contributed by atoms with E-state index >= 15 is 0 Å². The summed E-state index contributed by atoms with van der Waals surface area (Å²) in [6, 6.07) is 4.43. The van der Waals surface area contributed by atoms with Crippen LogP contribution in [0.4, 0.5) is 10.3 Å². The Kier molecular flexibility index (Phi) is 6.39. The van der Waals surface area contributed by atoms with E-state index in [1.165, 1.54) is 23.7 Å². The summed E-state index contributed by atoms with van der Waals surface area (Å²) in [5.74, 6) is 1.51. The van der Waals surface area contributed by atoms with Crippen LogP contribution in [0.15, 0.2) is 27.8 Å². The number of nitrogens with zero attached hydrogens (tertiary/aromatic N) is 6. The van der Waals surface area contributed by atoms with Crippen LogP contribution in [0, 0.1) is 11.7 Å². The van der Waals surface area contributed by atoms with E-state index in [4.69, 9.17) is 11.6 Å². The first-order valence-electron chi connectivity index (χ1n) is 11.5. The number of hydrogen-bond donors (Lipinski definition) is 0. The highest BCUT2D eigenvalue weighted by Gasteiger charge is 2.33. The quantitative estimate of drug-likeness (QED) is 0.523. The molecule has 35 heavy (non-hydrogen) atoms. The monoisotopic (exact) mass is 520 g/mol. The Hall–Kier alpha value is -2.79. The van der Waals surface area contributed by atoms with Gasteiger partial charge in [-0.3, -0.25) is 23.3 Å². The maximum Gasteiger partial charge on any atom is 0.332 e. The molecule has 2 saturated heterocycles. The second-order valence-corrected chi connectivity index (χ2v) is 10.5. The van der Waals surface area contributed by atoms with Crippen molar-refractivity contribution in [1.29, 1.82) is 0 Å². The first kappa shape index (κ1) is 23.9. The van der Waals surface area contributed by atoms with Crippen molar-refractivity contribution in [2.24, 2.45) is 20.0 Å². The van der Waals surface area contributed by atoms with Crippen molar-refractivity contribution in [1.82, 2.24) is 23.6 Å². The van der Waals surface area contributed by atoms with E-state index in [0.717, 1.165) is 29.7 Å². The maximum atomic E-state index is 14.8. The largest absolute Gasteiger partial charge is 0.341 e. The number of thioether (sulfide) groups is 1. The number of carbonyl (C=O) groups is 1. The normalized spacial score (nSPS) is 18.6. The highest BCUT2D eigenvalue weighted by Crippen LogP contribution is 2.30. The Bertz CT molecular complexity index is 1410. The minimum atomic E-state index is -0.520. The number of amides is 1. The number of anilines is 1. The Morgan fingerprint density at radius 2 is 2.03 bits per heavy atom. The number of imidazole rings is 1. The number of benzene rings is 1. The maximum absolute atomic E-state index is 14.8. The number of rotatable bonds is 4. The molecule has 2 aliphatic rings. The van der Waals surface area contributed by atoms with Crippen molar-refractivity contribution >= 4 is 46.4 Å². The molecule has 12 heteroatoms. The molecule has 4 heterocycles. The molecule has 5 rings (SSSR count). The van der Waals surface area contributed by atoms with Gasteiger partial charge in [-0.2, -0.15) is 4.98 Å². The van der Waals surface area contributed by atoms with Crippen LogP contribution in [0.25, 0.3) is 11.2 Å². The van der Waals surface area contributed by atoms with Gasteiger partial charge in [0.15, 0.2) is 11.2 Å². The van der Waals surface area contributed by atoms with Gasteiger partial charge in [-0.1, -0.05) is 17.7 Å². The Morgan fingerprint density at radius 3 is 2.74 bits per heavy atom. The second-order valence-electron chi connectivity index (χ2n) is 9.00.